The van der Waals surface area contributed by atoms with Gasteiger partial charge in [0.25, 0.3) is 0 Å². The Kier molecular flexibility index (Phi) is 3.95. The van der Waals surface area contributed by atoms with Crippen LogP contribution in [0.1, 0.15) is 24.8 Å². The van der Waals surface area contributed by atoms with Crippen molar-refractivity contribution in [3.8, 4) is 0 Å². The van der Waals surface area contributed by atoms with E-state index < -0.39 is 0 Å². The van der Waals surface area contributed by atoms with Crippen molar-refractivity contribution >= 4 is 11.8 Å². The van der Waals surface area contributed by atoms with Crippen molar-refractivity contribution in [1.29, 1.82) is 0 Å². The molecule has 0 radical (unpaired) electrons. The van der Waals surface area contributed by atoms with E-state index in [9.17, 15) is 9.59 Å². The van der Waals surface area contributed by atoms with Crippen LogP contribution in [0.5, 0.6) is 0 Å². The molecule has 1 aromatic carbocycles. The molecule has 1 heterocycles. The van der Waals surface area contributed by atoms with Crippen LogP contribution in [0.4, 0.5) is 0 Å². The first-order chi connectivity index (χ1) is 10.2. The number of hydrogen-bond acceptors (Lipinski definition) is 2. The number of nitrogens with zero attached hydrogens (tertiary/aromatic N) is 2. The molecule has 2 unspecified atom stereocenters. The summed E-state index contributed by atoms with van der Waals surface area (Å²) in [4.78, 5) is 28.3. The summed E-state index contributed by atoms with van der Waals surface area (Å²) in [5, 5.41) is 0. The lowest BCUT2D eigenvalue weighted by molar-refractivity contribution is -0.137. The molecule has 4 heteroatoms. The zero-order chi connectivity index (χ0) is 14.8. The molecule has 1 saturated carbocycles. The summed E-state index contributed by atoms with van der Waals surface area (Å²) in [6, 6.07) is 9.96. The Morgan fingerprint density at radius 2 is 1.81 bits per heavy atom. The molecule has 2 amide bonds. The lowest BCUT2D eigenvalue weighted by atomic mass is 10.2. The Balaban J connectivity index is 1.53. The van der Waals surface area contributed by atoms with Crippen molar-refractivity contribution < 1.29 is 9.59 Å². The molecule has 0 N–H and O–H groups in total. The maximum atomic E-state index is 12.4. The molecule has 0 aromatic heterocycles. The largest absolute Gasteiger partial charge is 0.342 e. The second-order valence-corrected chi connectivity index (χ2v) is 6.16. The first-order valence-electron chi connectivity index (χ1n) is 7.74. The molecule has 2 aliphatic rings. The summed E-state index contributed by atoms with van der Waals surface area (Å²) in [5.41, 5.74) is 1.12. The Morgan fingerprint density at radius 3 is 2.48 bits per heavy atom. The highest BCUT2D eigenvalue weighted by Crippen LogP contribution is 2.41. The number of carbonyl (C=O) groups excluding carboxylic acids is 2. The van der Waals surface area contributed by atoms with Crippen LogP contribution >= 0.6 is 0 Å². The van der Waals surface area contributed by atoms with Gasteiger partial charge in [-0.1, -0.05) is 30.3 Å². The Labute approximate surface area is 125 Å². The fourth-order valence-electron chi connectivity index (χ4n) is 3.13. The average Bonchev–Trinajstić information content (AvgIpc) is 3.11. The fraction of sp³-hybridized carbons (Fsp3) is 0.529. The van der Waals surface area contributed by atoms with Gasteiger partial charge in [-0.25, -0.2) is 0 Å². The van der Waals surface area contributed by atoms with Gasteiger partial charge in [0, 0.05) is 26.7 Å². The van der Waals surface area contributed by atoms with Crippen LogP contribution in [0.3, 0.4) is 0 Å². The summed E-state index contributed by atoms with van der Waals surface area (Å²) >= 11 is 0. The number of amides is 2. The van der Waals surface area contributed by atoms with E-state index in [0.717, 1.165) is 37.9 Å². The van der Waals surface area contributed by atoms with Gasteiger partial charge in [-0.15, -0.1) is 0 Å². The molecule has 0 spiro atoms. The maximum absolute atomic E-state index is 12.4. The second-order valence-electron chi connectivity index (χ2n) is 6.16. The van der Waals surface area contributed by atoms with E-state index in [0.29, 0.717) is 6.54 Å². The quantitative estimate of drug-likeness (QED) is 0.848. The van der Waals surface area contributed by atoms with E-state index in [1.54, 1.807) is 4.90 Å². The molecule has 0 bridgehead atoms. The zero-order valence-corrected chi connectivity index (χ0v) is 12.5. The standard InChI is InChI=1S/C17H22N2O2/c1-18(12-13-7-3-2-4-8-13)16(20)14-11-15(14)17(21)19-9-5-6-10-19/h2-4,7-8,14-15H,5-6,9-12H2,1H3. The van der Waals surface area contributed by atoms with Crippen molar-refractivity contribution in [3.05, 3.63) is 35.9 Å². The molecule has 1 aliphatic carbocycles. The lowest BCUT2D eigenvalue weighted by Crippen LogP contribution is -2.33. The van der Waals surface area contributed by atoms with Crippen LogP contribution in [0.25, 0.3) is 0 Å². The second kappa shape index (κ2) is 5.88. The number of carbonyl (C=O) groups is 2. The molecule has 4 nitrogen and oxygen atoms in total. The third kappa shape index (κ3) is 3.09. The van der Waals surface area contributed by atoms with Gasteiger partial charge in [0.15, 0.2) is 0 Å². The third-order valence-electron chi connectivity index (χ3n) is 4.48. The van der Waals surface area contributed by atoms with E-state index >= 15 is 0 Å². The van der Waals surface area contributed by atoms with Gasteiger partial charge < -0.3 is 9.80 Å². The summed E-state index contributed by atoms with van der Waals surface area (Å²) in [5.74, 6) is 0.149. The van der Waals surface area contributed by atoms with E-state index in [2.05, 4.69) is 0 Å². The van der Waals surface area contributed by atoms with Gasteiger partial charge in [-0.05, 0) is 24.8 Å². The molecule has 112 valence electrons. The van der Waals surface area contributed by atoms with Crippen molar-refractivity contribution in [3.63, 3.8) is 0 Å². The topological polar surface area (TPSA) is 40.6 Å². The molecular weight excluding hydrogens is 264 g/mol. The summed E-state index contributed by atoms with van der Waals surface area (Å²) in [6.07, 6.45) is 2.93. The molecule has 1 saturated heterocycles. The molecule has 2 atom stereocenters. The Bertz CT molecular complexity index is 523. The van der Waals surface area contributed by atoms with Gasteiger partial charge in [-0.3, -0.25) is 9.59 Å². The number of rotatable bonds is 4. The summed E-state index contributed by atoms with van der Waals surface area (Å²) in [7, 11) is 1.82. The predicted octanol–water partition coefficient (Wildman–Crippen LogP) is 1.90. The number of benzene rings is 1. The minimum atomic E-state index is -0.0909. The van der Waals surface area contributed by atoms with Gasteiger partial charge in [0.1, 0.15) is 0 Å². The van der Waals surface area contributed by atoms with Crippen molar-refractivity contribution in [2.75, 3.05) is 20.1 Å². The first-order valence-corrected chi connectivity index (χ1v) is 7.74. The number of hydrogen-bond donors (Lipinski definition) is 0. The summed E-state index contributed by atoms with van der Waals surface area (Å²) < 4.78 is 0. The highest BCUT2D eigenvalue weighted by atomic mass is 16.2. The van der Waals surface area contributed by atoms with E-state index in [-0.39, 0.29) is 23.7 Å². The minimum absolute atomic E-state index is 0.0613. The van der Waals surface area contributed by atoms with Gasteiger partial charge in [0.2, 0.25) is 11.8 Å². The molecule has 3 rings (SSSR count). The molecule has 2 fully saturated rings. The van der Waals surface area contributed by atoms with Crippen LogP contribution in [-0.4, -0.2) is 41.8 Å². The van der Waals surface area contributed by atoms with Crippen LogP contribution < -0.4 is 0 Å². The van der Waals surface area contributed by atoms with Crippen molar-refractivity contribution in [2.24, 2.45) is 11.8 Å². The van der Waals surface area contributed by atoms with Crippen molar-refractivity contribution in [1.82, 2.24) is 9.80 Å². The average molecular weight is 286 g/mol. The zero-order valence-electron chi connectivity index (χ0n) is 12.5. The maximum Gasteiger partial charge on any atom is 0.226 e. The van der Waals surface area contributed by atoms with E-state index in [1.165, 1.54) is 0 Å². The molecule has 1 aromatic rings. The molecule has 1 aliphatic heterocycles. The minimum Gasteiger partial charge on any atom is -0.342 e. The predicted molar refractivity (Wildman–Crippen MR) is 80.3 cm³/mol. The van der Waals surface area contributed by atoms with E-state index in [1.807, 2.05) is 42.3 Å². The van der Waals surface area contributed by atoms with Crippen LogP contribution in [0, 0.1) is 11.8 Å². The summed E-state index contributed by atoms with van der Waals surface area (Å²) in [6.45, 7) is 2.35. The van der Waals surface area contributed by atoms with E-state index in [4.69, 9.17) is 0 Å². The SMILES string of the molecule is CN(Cc1ccccc1)C(=O)C1CC1C(=O)N1CCCC1. The van der Waals surface area contributed by atoms with Gasteiger partial charge in [0.05, 0.1) is 11.8 Å². The van der Waals surface area contributed by atoms with Gasteiger partial charge in [-0.2, -0.15) is 0 Å². The Morgan fingerprint density at radius 1 is 1.14 bits per heavy atom. The normalized spacial score (nSPS) is 24.0. The van der Waals surface area contributed by atoms with Crippen LogP contribution in [0.2, 0.25) is 0 Å². The number of likely N-dealkylation sites (tertiary alicyclic amines) is 1. The van der Waals surface area contributed by atoms with Gasteiger partial charge >= 0.3 is 0 Å². The molecular formula is C17H22N2O2. The third-order valence-corrected chi connectivity index (χ3v) is 4.48. The van der Waals surface area contributed by atoms with Crippen LogP contribution in [0.15, 0.2) is 30.3 Å². The smallest absolute Gasteiger partial charge is 0.226 e. The molecule has 21 heavy (non-hydrogen) atoms. The lowest BCUT2D eigenvalue weighted by Gasteiger charge is -2.18. The first kappa shape index (κ1) is 14.1. The van der Waals surface area contributed by atoms with Crippen LogP contribution in [-0.2, 0) is 16.1 Å². The highest BCUT2D eigenvalue weighted by Gasteiger charge is 2.50. The highest BCUT2D eigenvalue weighted by molar-refractivity contribution is 5.92. The Hall–Kier alpha value is -1.84. The van der Waals surface area contributed by atoms with Crippen molar-refractivity contribution in [2.45, 2.75) is 25.8 Å². The fourth-order valence-corrected chi connectivity index (χ4v) is 3.13. The monoisotopic (exact) mass is 286 g/mol.